The summed E-state index contributed by atoms with van der Waals surface area (Å²) in [7, 11) is 0. The fourth-order valence-corrected chi connectivity index (χ4v) is 2.63. The van der Waals surface area contributed by atoms with E-state index in [1.54, 1.807) is 11.3 Å². The minimum atomic E-state index is 0.489. The third-order valence-electron chi connectivity index (χ3n) is 2.65. The molecule has 0 saturated heterocycles. The van der Waals surface area contributed by atoms with Gasteiger partial charge in [-0.3, -0.25) is 0 Å². The maximum Gasteiger partial charge on any atom is 0.116 e. The normalized spacial score (nSPS) is 11.6. The Morgan fingerprint density at radius 3 is 2.83 bits per heavy atom. The predicted octanol–water partition coefficient (Wildman–Crippen LogP) is 5.18. The third-order valence-corrected chi connectivity index (χ3v) is 3.79. The lowest BCUT2D eigenvalue weighted by molar-refractivity contribution is 0.832. The summed E-state index contributed by atoms with van der Waals surface area (Å²) >= 11 is 7.50. The molecule has 0 aliphatic carbocycles. The van der Waals surface area contributed by atoms with E-state index in [1.165, 1.54) is 0 Å². The van der Waals surface area contributed by atoms with Crippen LogP contribution in [0.3, 0.4) is 0 Å². The third kappa shape index (κ3) is 3.44. The molecular weight excluding hydrogens is 262 g/mol. The molecule has 0 fully saturated rings. The van der Waals surface area contributed by atoms with Crippen molar-refractivity contribution in [3.63, 3.8) is 0 Å². The van der Waals surface area contributed by atoms with Crippen molar-refractivity contribution in [2.75, 3.05) is 0 Å². The van der Waals surface area contributed by atoms with Gasteiger partial charge in [-0.2, -0.15) is 0 Å². The van der Waals surface area contributed by atoms with Gasteiger partial charge in [-0.05, 0) is 23.1 Å². The van der Waals surface area contributed by atoms with E-state index in [2.05, 4.69) is 48.5 Å². The quantitative estimate of drug-likeness (QED) is 0.702. The molecule has 0 aliphatic heterocycles. The van der Waals surface area contributed by atoms with Crippen LogP contribution in [0.4, 0.5) is 0 Å². The lowest BCUT2D eigenvalue weighted by atomic mass is 10.1. The molecule has 94 valence electrons. The van der Waals surface area contributed by atoms with Crippen molar-refractivity contribution < 1.29 is 0 Å². The number of halogens is 1. The van der Waals surface area contributed by atoms with Crippen molar-refractivity contribution in [1.82, 2.24) is 4.98 Å². The molecule has 18 heavy (non-hydrogen) atoms. The van der Waals surface area contributed by atoms with Crippen molar-refractivity contribution in [2.24, 2.45) is 0 Å². The zero-order valence-electron chi connectivity index (χ0n) is 10.6. The highest BCUT2D eigenvalue weighted by atomic mass is 35.5. The lowest BCUT2D eigenvalue weighted by Gasteiger charge is -1.97. The molecular formula is C15H16ClNS. The Bertz CT molecular complexity index is 543. The molecule has 2 rings (SSSR count). The Morgan fingerprint density at radius 2 is 2.17 bits per heavy atom. The summed E-state index contributed by atoms with van der Waals surface area (Å²) in [4.78, 5) is 4.57. The number of nitrogens with zero attached hydrogens (tertiary/aromatic N) is 1. The summed E-state index contributed by atoms with van der Waals surface area (Å²) in [5, 5.41) is 3.18. The molecule has 0 saturated carbocycles. The van der Waals surface area contributed by atoms with Gasteiger partial charge in [-0.25, -0.2) is 4.98 Å². The van der Waals surface area contributed by atoms with E-state index in [0.29, 0.717) is 11.8 Å². The molecule has 0 aliphatic rings. The van der Waals surface area contributed by atoms with E-state index < -0.39 is 0 Å². The van der Waals surface area contributed by atoms with Gasteiger partial charge in [0, 0.05) is 11.3 Å². The Balaban J connectivity index is 2.13. The van der Waals surface area contributed by atoms with Gasteiger partial charge < -0.3 is 0 Å². The summed E-state index contributed by atoms with van der Waals surface area (Å²) < 4.78 is 0. The Kier molecular flexibility index (Phi) is 4.56. The Hall–Kier alpha value is -1.12. The van der Waals surface area contributed by atoms with Gasteiger partial charge in [-0.1, -0.05) is 44.2 Å². The summed E-state index contributed by atoms with van der Waals surface area (Å²) in [5.41, 5.74) is 3.46. The number of hydrogen-bond acceptors (Lipinski definition) is 2. The van der Waals surface area contributed by atoms with Crippen LogP contribution in [-0.4, -0.2) is 4.98 Å². The molecule has 3 heteroatoms. The van der Waals surface area contributed by atoms with Crippen LogP contribution in [0.1, 0.15) is 41.6 Å². The van der Waals surface area contributed by atoms with Crippen molar-refractivity contribution in [2.45, 2.75) is 25.6 Å². The molecule has 1 nitrogen and oxygen atoms in total. The number of aromatic nitrogens is 1. The second-order valence-corrected chi connectivity index (χ2v) is 5.63. The van der Waals surface area contributed by atoms with Crippen molar-refractivity contribution in [3.05, 3.63) is 51.5 Å². The molecule has 1 aromatic heterocycles. The fraction of sp³-hybridized carbons (Fsp3) is 0.267. The first-order chi connectivity index (χ1) is 8.69. The smallest absolute Gasteiger partial charge is 0.116 e. The maximum absolute atomic E-state index is 5.82. The van der Waals surface area contributed by atoms with Crippen LogP contribution in [0.2, 0.25) is 0 Å². The molecule has 0 radical (unpaired) electrons. The zero-order chi connectivity index (χ0) is 13.0. The summed E-state index contributed by atoms with van der Waals surface area (Å²) in [6.07, 6.45) is 4.14. The van der Waals surface area contributed by atoms with E-state index >= 15 is 0 Å². The number of benzene rings is 1. The van der Waals surface area contributed by atoms with Crippen LogP contribution >= 0.6 is 22.9 Å². The monoisotopic (exact) mass is 277 g/mol. The molecule has 1 aromatic carbocycles. The minimum Gasteiger partial charge on any atom is -0.241 e. The molecule has 0 bridgehead atoms. The second-order valence-electron chi connectivity index (χ2n) is 4.48. The maximum atomic E-state index is 5.82. The van der Waals surface area contributed by atoms with Crippen molar-refractivity contribution in [1.29, 1.82) is 0 Å². The SMILES string of the molecule is CC(C)c1csc(C=Cc2cccc(CCl)c2)n1. The highest BCUT2D eigenvalue weighted by Gasteiger charge is 2.02. The molecule has 1 heterocycles. The standard InChI is InChI=1S/C15H16ClNS/c1-11(2)14-10-18-15(17-14)7-6-12-4-3-5-13(8-12)9-16/h3-8,10-11H,9H2,1-2H3. The number of hydrogen-bond donors (Lipinski definition) is 0. The average molecular weight is 278 g/mol. The van der Waals surface area contributed by atoms with Crippen LogP contribution in [0.25, 0.3) is 12.2 Å². The molecule has 0 atom stereocenters. The van der Waals surface area contributed by atoms with E-state index in [0.717, 1.165) is 21.8 Å². The molecule has 0 N–H and O–H groups in total. The van der Waals surface area contributed by atoms with Crippen LogP contribution < -0.4 is 0 Å². The van der Waals surface area contributed by atoms with Crippen LogP contribution in [-0.2, 0) is 5.88 Å². The van der Waals surface area contributed by atoms with Gasteiger partial charge in [0.25, 0.3) is 0 Å². The van der Waals surface area contributed by atoms with Crippen LogP contribution in [0, 0.1) is 0 Å². The van der Waals surface area contributed by atoms with Gasteiger partial charge in [0.05, 0.1) is 5.69 Å². The minimum absolute atomic E-state index is 0.489. The van der Waals surface area contributed by atoms with Gasteiger partial charge in [-0.15, -0.1) is 22.9 Å². The highest BCUT2D eigenvalue weighted by molar-refractivity contribution is 7.10. The predicted molar refractivity (Wildman–Crippen MR) is 81.1 cm³/mol. The summed E-state index contributed by atoms with van der Waals surface area (Å²) in [6, 6.07) is 8.23. The van der Waals surface area contributed by atoms with Gasteiger partial charge in [0.1, 0.15) is 5.01 Å². The number of alkyl halides is 1. The molecule has 0 amide bonds. The van der Waals surface area contributed by atoms with Crippen molar-refractivity contribution >= 4 is 35.1 Å². The fourth-order valence-electron chi connectivity index (χ4n) is 1.59. The van der Waals surface area contributed by atoms with Gasteiger partial charge >= 0.3 is 0 Å². The van der Waals surface area contributed by atoms with E-state index in [9.17, 15) is 0 Å². The first-order valence-electron chi connectivity index (χ1n) is 5.97. The van der Waals surface area contributed by atoms with E-state index in [1.807, 2.05) is 12.1 Å². The van der Waals surface area contributed by atoms with Crippen molar-refractivity contribution in [3.8, 4) is 0 Å². The molecule has 2 aromatic rings. The average Bonchev–Trinajstić information content (AvgIpc) is 2.85. The summed E-state index contributed by atoms with van der Waals surface area (Å²) in [5.74, 6) is 1.04. The summed E-state index contributed by atoms with van der Waals surface area (Å²) in [6.45, 7) is 4.32. The van der Waals surface area contributed by atoms with Crippen LogP contribution in [0.15, 0.2) is 29.6 Å². The van der Waals surface area contributed by atoms with Gasteiger partial charge in [0.2, 0.25) is 0 Å². The largest absolute Gasteiger partial charge is 0.241 e. The first kappa shape index (κ1) is 13.3. The lowest BCUT2D eigenvalue weighted by Crippen LogP contribution is -1.85. The van der Waals surface area contributed by atoms with E-state index in [-0.39, 0.29) is 0 Å². The highest BCUT2D eigenvalue weighted by Crippen LogP contribution is 2.19. The Morgan fingerprint density at radius 1 is 1.33 bits per heavy atom. The molecule has 0 spiro atoms. The number of rotatable bonds is 4. The number of thiazole rings is 1. The van der Waals surface area contributed by atoms with E-state index in [4.69, 9.17) is 11.6 Å². The zero-order valence-corrected chi connectivity index (χ0v) is 12.1. The first-order valence-corrected chi connectivity index (χ1v) is 7.39. The van der Waals surface area contributed by atoms with Crippen LogP contribution in [0.5, 0.6) is 0 Å². The van der Waals surface area contributed by atoms with Gasteiger partial charge in [0.15, 0.2) is 0 Å². The molecule has 0 unspecified atom stereocenters. The topological polar surface area (TPSA) is 12.9 Å². The second kappa shape index (κ2) is 6.17. The Labute approximate surface area is 117 Å².